The number of nitrogens with one attached hydrogen (secondary N) is 2. The molecule has 2 N–H and O–H groups in total. The minimum absolute atomic E-state index is 0. The van der Waals surface area contributed by atoms with Crippen molar-refractivity contribution in [1.82, 2.24) is 10.6 Å². The topological polar surface area (TPSA) is 71.3 Å². The quantitative estimate of drug-likeness (QED) is 0.790. The normalized spacial score (nSPS) is 13.5. The SMILES string of the molecule is CCCNCCNC(=O)c1oc2c(c1C)C(=O)CCC2.Cl. The second-order valence-electron chi connectivity index (χ2n) is 5.14. The summed E-state index contributed by atoms with van der Waals surface area (Å²) in [5, 5.41) is 6.03. The van der Waals surface area contributed by atoms with E-state index in [-0.39, 0.29) is 24.1 Å². The van der Waals surface area contributed by atoms with Crippen LogP contribution in [0.4, 0.5) is 0 Å². The Morgan fingerprint density at radius 2 is 2.00 bits per heavy atom. The maximum atomic E-state index is 12.1. The molecule has 1 aliphatic rings. The van der Waals surface area contributed by atoms with Crippen LogP contribution >= 0.6 is 12.4 Å². The lowest BCUT2D eigenvalue weighted by atomic mass is 9.94. The van der Waals surface area contributed by atoms with Crippen LogP contribution in [0, 0.1) is 6.92 Å². The van der Waals surface area contributed by atoms with Crippen LogP contribution in [0.1, 0.15) is 58.4 Å². The fraction of sp³-hybridized carbons (Fsp3) is 0.600. The predicted molar refractivity (Wildman–Crippen MR) is 83.5 cm³/mol. The highest BCUT2D eigenvalue weighted by molar-refractivity contribution is 6.03. The van der Waals surface area contributed by atoms with Crippen LogP contribution in [0.15, 0.2) is 4.42 Å². The summed E-state index contributed by atoms with van der Waals surface area (Å²) < 4.78 is 5.59. The van der Waals surface area contributed by atoms with Crippen LogP contribution in [-0.4, -0.2) is 31.3 Å². The Balaban J connectivity index is 0.00000220. The van der Waals surface area contributed by atoms with Crippen molar-refractivity contribution in [2.75, 3.05) is 19.6 Å². The molecule has 118 valence electrons. The van der Waals surface area contributed by atoms with Gasteiger partial charge in [0.2, 0.25) is 0 Å². The summed E-state index contributed by atoms with van der Waals surface area (Å²) in [5.74, 6) is 0.827. The first-order valence-corrected chi connectivity index (χ1v) is 7.29. The second kappa shape index (κ2) is 8.20. The number of amides is 1. The molecule has 0 aromatic carbocycles. The number of carbonyl (C=O) groups is 2. The third kappa shape index (κ3) is 4.08. The minimum atomic E-state index is -0.233. The van der Waals surface area contributed by atoms with Gasteiger partial charge in [0.15, 0.2) is 11.5 Å². The van der Waals surface area contributed by atoms with E-state index in [0.717, 1.165) is 32.4 Å². The molecule has 2 rings (SSSR count). The molecule has 21 heavy (non-hydrogen) atoms. The number of ketones is 1. The van der Waals surface area contributed by atoms with Crippen molar-refractivity contribution in [3.05, 3.63) is 22.6 Å². The molecule has 6 heteroatoms. The van der Waals surface area contributed by atoms with Gasteiger partial charge >= 0.3 is 0 Å². The van der Waals surface area contributed by atoms with E-state index in [1.165, 1.54) is 0 Å². The molecule has 0 radical (unpaired) electrons. The summed E-state index contributed by atoms with van der Waals surface area (Å²) in [6, 6.07) is 0. The van der Waals surface area contributed by atoms with Crippen molar-refractivity contribution in [3.8, 4) is 0 Å². The number of carbonyl (C=O) groups excluding carboxylic acids is 2. The van der Waals surface area contributed by atoms with Crippen molar-refractivity contribution in [2.45, 2.75) is 39.5 Å². The molecule has 0 unspecified atom stereocenters. The average molecular weight is 315 g/mol. The third-order valence-corrected chi connectivity index (χ3v) is 3.53. The molecular formula is C15H23ClN2O3. The van der Waals surface area contributed by atoms with Crippen LogP contribution in [-0.2, 0) is 6.42 Å². The van der Waals surface area contributed by atoms with Gasteiger partial charge in [0.05, 0.1) is 5.56 Å². The number of hydrogen-bond acceptors (Lipinski definition) is 4. The van der Waals surface area contributed by atoms with Gasteiger partial charge in [0.1, 0.15) is 5.76 Å². The fourth-order valence-electron chi connectivity index (χ4n) is 2.51. The summed E-state index contributed by atoms with van der Waals surface area (Å²) in [7, 11) is 0. The zero-order chi connectivity index (χ0) is 14.5. The van der Waals surface area contributed by atoms with Crippen molar-refractivity contribution < 1.29 is 14.0 Å². The number of fused-ring (bicyclic) bond motifs is 1. The minimum Gasteiger partial charge on any atom is -0.455 e. The molecule has 1 aliphatic carbocycles. The number of hydrogen-bond donors (Lipinski definition) is 2. The van der Waals surface area contributed by atoms with Crippen LogP contribution < -0.4 is 10.6 Å². The van der Waals surface area contributed by atoms with Gasteiger partial charge in [-0.2, -0.15) is 0 Å². The summed E-state index contributed by atoms with van der Waals surface area (Å²) in [6.45, 7) is 6.11. The van der Waals surface area contributed by atoms with E-state index < -0.39 is 0 Å². The molecule has 1 heterocycles. The number of halogens is 1. The number of Topliss-reactive ketones (excluding diaryl/α,β-unsaturated/α-hetero) is 1. The molecule has 0 saturated carbocycles. The van der Waals surface area contributed by atoms with Crippen molar-refractivity contribution in [1.29, 1.82) is 0 Å². The molecule has 0 fully saturated rings. The molecule has 0 aliphatic heterocycles. The Labute approximate surface area is 131 Å². The zero-order valence-electron chi connectivity index (χ0n) is 12.6. The third-order valence-electron chi connectivity index (χ3n) is 3.53. The Kier molecular flexibility index (Phi) is 6.92. The van der Waals surface area contributed by atoms with E-state index >= 15 is 0 Å². The van der Waals surface area contributed by atoms with Crippen molar-refractivity contribution in [2.24, 2.45) is 0 Å². The summed E-state index contributed by atoms with van der Waals surface area (Å²) in [4.78, 5) is 24.0. The maximum Gasteiger partial charge on any atom is 0.287 e. The van der Waals surface area contributed by atoms with Gasteiger partial charge in [-0.05, 0) is 26.3 Å². The first kappa shape index (κ1) is 17.7. The van der Waals surface area contributed by atoms with Crippen molar-refractivity contribution >= 4 is 24.1 Å². The van der Waals surface area contributed by atoms with E-state index in [1.54, 1.807) is 6.92 Å². The molecule has 0 atom stereocenters. The summed E-state index contributed by atoms with van der Waals surface area (Å²) in [5.41, 5.74) is 1.31. The predicted octanol–water partition coefficient (Wildman–Crippen LogP) is 2.26. The van der Waals surface area contributed by atoms with Gasteiger partial charge < -0.3 is 15.1 Å². The molecule has 0 spiro atoms. The molecule has 0 bridgehead atoms. The Morgan fingerprint density at radius 1 is 1.24 bits per heavy atom. The van der Waals surface area contributed by atoms with Gasteiger partial charge in [-0.15, -0.1) is 12.4 Å². The summed E-state index contributed by atoms with van der Waals surface area (Å²) >= 11 is 0. The molecule has 1 aromatic heterocycles. The standard InChI is InChI=1S/C15H22N2O3.ClH/c1-3-7-16-8-9-17-15(19)14-10(2)13-11(18)5-4-6-12(13)20-14;/h16H,3-9H2,1-2H3,(H,17,19);1H. The molecule has 1 amide bonds. The maximum absolute atomic E-state index is 12.1. The lowest BCUT2D eigenvalue weighted by Crippen LogP contribution is -2.32. The van der Waals surface area contributed by atoms with E-state index in [1.807, 2.05) is 0 Å². The molecule has 5 nitrogen and oxygen atoms in total. The molecule has 0 saturated heterocycles. The largest absolute Gasteiger partial charge is 0.455 e. The summed E-state index contributed by atoms with van der Waals surface area (Å²) in [6.07, 6.45) is 3.17. The fourth-order valence-corrected chi connectivity index (χ4v) is 2.51. The lowest BCUT2D eigenvalue weighted by molar-refractivity contribution is 0.0920. The van der Waals surface area contributed by atoms with Crippen LogP contribution in [0.25, 0.3) is 0 Å². The van der Waals surface area contributed by atoms with Crippen LogP contribution in [0.5, 0.6) is 0 Å². The average Bonchev–Trinajstić information content (AvgIpc) is 2.77. The number of furan rings is 1. The van der Waals surface area contributed by atoms with E-state index in [2.05, 4.69) is 17.6 Å². The first-order chi connectivity index (χ1) is 9.65. The Morgan fingerprint density at radius 3 is 2.67 bits per heavy atom. The van der Waals surface area contributed by atoms with E-state index in [4.69, 9.17) is 4.42 Å². The van der Waals surface area contributed by atoms with Crippen LogP contribution in [0.3, 0.4) is 0 Å². The highest BCUT2D eigenvalue weighted by Gasteiger charge is 2.28. The zero-order valence-corrected chi connectivity index (χ0v) is 13.4. The molecule has 1 aromatic rings. The number of aryl methyl sites for hydroxylation is 1. The van der Waals surface area contributed by atoms with Gasteiger partial charge in [-0.3, -0.25) is 9.59 Å². The highest BCUT2D eigenvalue weighted by Crippen LogP contribution is 2.29. The Bertz CT molecular complexity index is 511. The Hall–Kier alpha value is -1.33. The van der Waals surface area contributed by atoms with Gasteiger partial charge in [0, 0.05) is 31.5 Å². The van der Waals surface area contributed by atoms with Gasteiger partial charge in [-0.1, -0.05) is 6.92 Å². The highest BCUT2D eigenvalue weighted by atomic mass is 35.5. The van der Waals surface area contributed by atoms with Gasteiger partial charge in [-0.25, -0.2) is 0 Å². The molecular weight excluding hydrogens is 292 g/mol. The lowest BCUT2D eigenvalue weighted by Gasteiger charge is -2.07. The smallest absolute Gasteiger partial charge is 0.287 e. The second-order valence-corrected chi connectivity index (χ2v) is 5.14. The van der Waals surface area contributed by atoms with Crippen molar-refractivity contribution in [3.63, 3.8) is 0 Å². The number of rotatable bonds is 6. The van der Waals surface area contributed by atoms with E-state index in [9.17, 15) is 9.59 Å². The van der Waals surface area contributed by atoms with E-state index in [0.29, 0.717) is 35.6 Å². The first-order valence-electron chi connectivity index (χ1n) is 7.29. The monoisotopic (exact) mass is 314 g/mol. The van der Waals surface area contributed by atoms with Gasteiger partial charge in [0.25, 0.3) is 5.91 Å². The van der Waals surface area contributed by atoms with Crippen LogP contribution in [0.2, 0.25) is 0 Å².